The summed E-state index contributed by atoms with van der Waals surface area (Å²) < 4.78 is 64.2. The van der Waals surface area contributed by atoms with Crippen molar-refractivity contribution >= 4 is 75.6 Å². The molecule has 0 radical (unpaired) electrons. The van der Waals surface area contributed by atoms with E-state index in [-0.39, 0.29) is 10.4 Å². The summed E-state index contributed by atoms with van der Waals surface area (Å²) in [5.74, 6) is 0. The fraction of sp³-hybridized carbons (Fsp3) is 1.00. The minimum atomic E-state index is -2.64. The van der Waals surface area contributed by atoms with Crippen LogP contribution in [0.3, 0.4) is 0 Å². The van der Waals surface area contributed by atoms with Gasteiger partial charge in [0.2, 0.25) is 8.32 Å². The van der Waals surface area contributed by atoms with E-state index >= 15 is 0 Å². The minimum Gasteiger partial charge on any atom is -0.456 e. The molecule has 0 aliphatic heterocycles. The molecule has 0 aliphatic carbocycles. The summed E-state index contributed by atoms with van der Waals surface area (Å²) in [4.78, 5) is 0. The second kappa shape index (κ2) is 23.0. The van der Waals surface area contributed by atoms with Crippen LogP contribution in [0.1, 0.15) is 53.4 Å². The van der Waals surface area contributed by atoms with Gasteiger partial charge in [0.15, 0.2) is 41.6 Å². The van der Waals surface area contributed by atoms with Gasteiger partial charge < -0.3 is 43.6 Å². The van der Waals surface area contributed by atoms with E-state index in [9.17, 15) is 0 Å². The van der Waals surface area contributed by atoms with E-state index in [4.69, 9.17) is 43.6 Å². The molecule has 0 rings (SSSR count). The predicted octanol–water partition coefficient (Wildman–Crippen LogP) is 11.9. The Morgan fingerprint density at radius 1 is 0.316 bits per heavy atom. The summed E-state index contributed by atoms with van der Waals surface area (Å²) in [6, 6.07) is 8.03. The standard InChI is InChI=1S/C38H96O10Si9/c1-25-37(26-2,49(11,12)29-30-51(15,16)47-53(19,20)33-35-56(39-5,40-6)41-7)46-55(23,24)38(27-3,28-4)45-50(13,14)31-32-52(17,18)48-54(21,22)34-36-57(42-8,43-9)44-10/h25-36H2,1-24H3. The zero-order valence-corrected chi connectivity index (χ0v) is 51.1. The number of hydrogen-bond acceptors (Lipinski definition) is 10. The molecule has 0 aliphatic rings. The van der Waals surface area contributed by atoms with Gasteiger partial charge in [-0.1, -0.05) is 46.8 Å². The minimum absolute atomic E-state index is 0.126. The van der Waals surface area contributed by atoms with Gasteiger partial charge in [0.25, 0.3) is 0 Å². The summed E-state index contributed by atoms with van der Waals surface area (Å²) in [5, 5.41) is -0.380. The van der Waals surface area contributed by atoms with Gasteiger partial charge in [-0.2, -0.15) is 0 Å². The number of rotatable bonds is 32. The number of hydrogen-bond donors (Lipinski definition) is 0. The van der Waals surface area contributed by atoms with Gasteiger partial charge in [-0.25, -0.2) is 0 Å². The van der Waals surface area contributed by atoms with Crippen molar-refractivity contribution in [1.82, 2.24) is 0 Å². The third-order valence-corrected chi connectivity index (χ3v) is 46.9. The first kappa shape index (κ1) is 58.6. The highest BCUT2D eigenvalue weighted by Crippen LogP contribution is 2.45. The van der Waals surface area contributed by atoms with Crippen molar-refractivity contribution in [3.8, 4) is 0 Å². The van der Waals surface area contributed by atoms with Crippen molar-refractivity contribution < 1.29 is 43.6 Å². The summed E-state index contributed by atoms with van der Waals surface area (Å²) in [6.07, 6.45) is 4.01. The van der Waals surface area contributed by atoms with Crippen LogP contribution in [0, 0.1) is 0 Å². The molecule has 0 bridgehead atoms. The van der Waals surface area contributed by atoms with E-state index in [0.29, 0.717) is 0 Å². The first-order valence-corrected chi connectivity index (χ1v) is 47.4. The maximum absolute atomic E-state index is 7.86. The van der Waals surface area contributed by atoms with Crippen molar-refractivity contribution in [3.05, 3.63) is 0 Å². The van der Waals surface area contributed by atoms with Crippen LogP contribution in [0.25, 0.3) is 0 Å². The third-order valence-electron chi connectivity index (χ3n) is 13.3. The van der Waals surface area contributed by atoms with Gasteiger partial charge >= 0.3 is 17.6 Å². The molecular formula is C38H96O10Si9. The van der Waals surface area contributed by atoms with E-state index < -0.39 is 75.6 Å². The van der Waals surface area contributed by atoms with E-state index in [1.165, 1.54) is 6.04 Å². The fourth-order valence-electron chi connectivity index (χ4n) is 9.18. The average Bonchev–Trinajstić information content (AvgIpc) is 3.12. The zero-order valence-electron chi connectivity index (χ0n) is 42.1. The lowest BCUT2D eigenvalue weighted by Crippen LogP contribution is -2.68. The summed E-state index contributed by atoms with van der Waals surface area (Å²) in [5.41, 5.74) is 0. The second-order valence-corrected chi connectivity index (χ2v) is 58.0. The Balaban J connectivity index is 6.13. The molecular weight excluding hydrogens is 869 g/mol. The molecule has 344 valence electrons. The maximum atomic E-state index is 7.86. The first-order chi connectivity index (χ1) is 25.8. The molecule has 19 heteroatoms. The quantitative estimate of drug-likeness (QED) is 0.0607. The fourth-order valence-corrected chi connectivity index (χ4v) is 52.7. The molecule has 0 atom stereocenters. The van der Waals surface area contributed by atoms with Crippen molar-refractivity contribution in [2.75, 3.05) is 42.7 Å². The Morgan fingerprint density at radius 3 is 0.860 bits per heavy atom. The Kier molecular flexibility index (Phi) is 23.6. The van der Waals surface area contributed by atoms with Crippen LogP contribution in [-0.4, -0.2) is 129 Å². The Morgan fingerprint density at radius 2 is 0.579 bits per heavy atom. The zero-order chi connectivity index (χ0) is 45.1. The molecule has 57 heavy (non-hydrogen) atoms. The van der Waals surface area contributed by atoms with Crippen LogP contribution in [-0.2, 0) is 43.6 Å². The lowest BCUT2D eigenvalue weighted by Gasteiger charge is -2.55. The normalized spacial score (nSPS) is 15.2. The lowest BCUT2D eigenvalue weighted by atomic mass is 10.2. The summed E-state index contributed by atoms with van der Waals surface area (Å²) >= 11 is 0. The summed E-state index contributed by atoms with van der Waals surface area (Å²) in [6.45, 7) is 43.4. The molecule has 0 aromatic heterocycles. The maximum Gasteiger partial charge on any atom is 0.499 e. The SMILES string of the molecule is CCC(CC)(O[Si](C)(C)C(CC)(CC)O[Si](C)(C)CC[Si](C)(C)O[Si](C)(C)CC[Si](OC)(OC)OC)[Si](C)(C)CC[Si](C)(C)O[Si](C)(C)CC[Si](OC)(OC)OC. The molecule has 0 spiro atoms. The van der Waals surface area contributed by atoms with Crippen molar-refractivity contribution in [2.24, 2.45) is 0 Å². The van der Waals surface area contributed by atoms with E-state index in [1.807, 2.05) is 0 Å². The molecule has 0 fully saturated rings. The second-order valence-electron chi connectivity index (χ2n) is 20.6. The Labute approximate surface area is 363 Å². The van der Waals surface area contributed by atoms with Gasteiger partial charge in [-0.3, -0.25) is 0 Å². The van der Waals surface area contributed by atoms with Gasteiger partial charge in [0, 0.05) is 60.0 Å². The average molecular weight is 966 g/mol. The predicted molar refractivity (Wildman–Crippen MR) is 265 cm³/mol. The lowest BCUT2D eigenvalue weighted by molar-refractivity contribution is 0.0527. The van der Waals surface area contributed by atoms with E-state index in [2.05, 4.69) is 119 Å². The van der Waals surface area contributed by atoms with Crippen LogP contribution in [0.4, 0.5) is 0 Å². The molecule has 0 amide bonds. The van der Waals surface area contributed by atoms with Crippen LogP contribution in [0.5, 0.6) is 0 Å². The largest absolute Gasteiger partial charge is 0.499 e. The van der Waals surface area contributed by atoms with Gasteiger partial charge in [-0.15, -0.1) is 0 Å². The molecule has 0 saturated carbocycles. The smallest absolute Gasteiger partial charge is 0.456 e. The highest BCUT2D eigenvalue weighted by atomic mass is 28.4. The van der Waals surface area contributed by atoms with Crippen LogP contribution >= 0.6 is 0 Å². The summed E-state index contributed by atoms with van der Waals surface area (Å²) in [7, 11) is -9.48. The topological polar surface area (TPSA) is 92.3 Å². The van der Waals surface area contributed by atoms with Crippen LogP contribution in [0.2, 0.25) is 140 Å². The highest BCUT2D eigenvalue weighted by molar-refractivity contribution is 6.88. The van der Waals surface area contributed by atoms with E-state index in [1.54, 1.807) is 42.7 Å². The van der Waals surface area contributed by atoms with Gasteiger partial charge in [-0.05, 0) is 134 Å². The molecule has 0 N–H and O–H groups in total. The Bertz CT molecular complexity index is 1140. The van der Waals surface area contributed by atoms with Gasteiger partial charge in [0.1, 0.15) is 0 Å². The van der Waals surface area contributed by atoms with Crippen LogP contribution in [0.15, 0.2) is 0 Å². The van der Waals surface area contributed by atoms with E-state index in [0.717, 1.165) is 68.0 Å². The third kappa shape index (κ3) is 17.2. The van der Waals surface area contributed by atoms with Crippen molar-refractivity contribution in [2.45, 2.75) is 204 Å². The molecule has 0 unspecified atom stereocenters. The Hall–Kier alpha value is 1.55. The molecule has 0 aromatic carbocycles. The molecule has 0 aromatic rings. The van der Waals surface area contributed by atoms with Crippen LogP contribution < -0.4 is 0 Å². The molecule has 0 saturated heterocycles. The monoisotopic (exact) mass is 964 g/mol. The molecule has 0 heterocycles. The highest BCUT2D eigenvalue weighted by Gasteiger charge is 2.57. The van der Waals surface area contributed by atoms with Crippen molar-refractivity contribution in [3.63, 3.8) is 0 Å². The van der Waals surface area contributed by atoms with Gasteiger partial charge in [0.05, 0.1) is 13.3 Å². The first-order valence-electron chi connectivity index (χ1n) is 21.9. The molecule has 10 nitrogen and oxygen atoms in total. The van der Waals surface area contributed by atoms with Crippen molar-refractivity contribution in [1.29, 1.82) is 0 Å².